The quantitative estimate of drug-likeness (QED) is 0.765. The van der Waals surface area contributed by atoms with Crippen LogP contribution in [-0.2, 0) is 6.54 Å². The summed E-state index contributed by atoms with van der Waals surface area (Å²) >= 11 is 0. The van der Waals surface area contributed by atoms with E-state index in [-0.39, 0.29) is 0 Å². The van der Waals surface area contributed by atoms with Gasteiger partial charge in [0.15, 0.2) is 0 Å². The molecule has 2 rings (SSSR count). The lowest BCUT2D eigenvalue weighted by atomic mass is 10.1. The van der Waals surface area contributed by atoms with Crippen LogP contribution in [0.15, 0.2) is 30.3 Å². The van der Waals surface area contributed by atoms with E-state index in [4.69, 9.17) is 5.73 Å². The van der Waals surface area contributed by atoms with Crippen LogP contribution in [0.3, 0.4) is 0 Å². The first-order chi connectivity index (χ1) is 6.75. The van der Waals surface area contributed by atoms with Crippen molar-refractivity contribution in [3.05, 3.63) is 35.9 Å². The summed E-state index contributed by atoms with van der Waals surface area (Å²) in [4.78, 5) is 2.44. The Morgan fingerprint density at radius 2 is 2.00 bits per heavy atom. The van der Waals surface area contributed by atoms with Gasteiger partial charge in [0.2, 0.25) is 0 Å². The molecule has 1 aromatic rings. The molecule has 2 N–H and O–H groups in total. The van der Waals surface area contributed by atoms with Crippen LogP contribution in [0.1, 0.15) is 12.5 Å². The fourth-order valence-corrected chi connectivity index (χ4v) is 2.07. The molecule has 2 nitrogen and oxygen atoms in total. The summed E-state index contributed by atoms with van der Waals surface area (Å²) in [7, 11) is 0. The Labute approximate surface area is 85.7 Å². The second-order valence-electron chi connectivity index (χ2n) is 4.32. The molecule has 76 valence electrons. The van der Waals surface area contributed by atoms with Crippen molar-refractivity contribution >= 4 is 0 Å². The molecule has 0 amide bonds. The molecular formula is C12H18N2. The summed E-state index contributed by atoms with van der Waals surface area (Å²) in [6.07, 6.45) is 0. The summed E-state index contributed by atoms with van der Waals surface area (Å²) in [5.41, 5.74) is 7.36. The Morgan fingerprint density at radius 1 is 1.29 bits per heavy atom. The molecule has 2 atom stereocenters. The summed E-state index contributed by atoms with van der Waals surface area (Å²) in [5.74, 6) is 0.638. The van der Waals surface area contributed by atoms with Gasteiger partial charge in [-0.05, 0) is 11.5 Å². The van der Waals surface area contributed by atoms with Crippen molar-refractivity contribution in [3.8, 4) is 0 Å². The highest BCUT2D eigenvalue weighted by atomic mass is 15.2. The average Bonchev–Trinajstić information content (AvgIpc) is 2.47. The van der Waals surface area contributed by atoms with Crippen LogP contribution in [0.5, 0.6) is 0 Å². The Balaban J connectivity index is 1.94. The predicted octanol–water partition coefficient (Wildman–Crippen LogP) is 1.47. The van der Waals surface area contributed by atoms with E-state index in [1.165, 1.54) is 5.56 Å². The third-order valence-electron chi connectivity index (χ3n) is 3.00. The van der Waals surface area contributed by atoms with Crippen molar-refractivity contribution in [2.45, 2.75) is 19.5 Å². The van der Waals surface area contributed by atoms with Crippen LogP contribution in [-0.4, -0.2) is 24.0 Å². The van der Waals surface area contributed by atoms with Gasteiger partial charge in [-0.3, -0.25) is 4.90 Å². The Kier molecular flexibility index (Phi) is 2.85. The van der Waals surface area contributed by atoms with E-state index < -0.39 is 0 Å². The lowest BCUT2D eigenvalue weighted by Gasteiger charge is -2.14. The van der Waals surface area contributed by atoms with Gasteiger partial charge in [-0.2, -0.15) is 0 Å². The van der Waals surface area contributed by atoms with E-state index in [2.05, 4.69) is 42.2 Å². The molecule has 1 aliphatic rings. The Hall–Kier alpha value is -0.860. The van der Waals surface area contributed by atoms with E-state index >= 15 is 0 Å². The largest absolute Gasteiger partial charge is 0.326 e. The minimum Gasteiger partial charge on any atom is -0.326 e. The normalized spacial score (nSPS) is 28.1. The standard InChI is InChI=1S/C12H18N2/c1-10-7-14(9-12(10)13)8-11-5-3-2-4-6-11/h2-6,10,12H,7-9,13H2,1H3/t10?,12-/m0/s1. The first-order valence-electron chi connectivity index (χ1n) is 5.27. The van der Waals surface area contributed by atoms with Crippen LogP contribution < -0.4 is 5.73 Å². The number of rotatable bonds is 2. The van der Waals surface area contributed by atoms with Crippen LogP contribution in [0.25, 0.3) is 0 Å². The maximum atomic E-state index is 5.98. The molecule has 0 bridgehead atoms. The lowest BCUT2D eigenvalue weighted by molar-refractivity contribution is 0.319. The third-order valence-corrected chi connectivity index (χ3v) is 3.00. The molecule has 0 aliphatic carbocycles. The number of benzene rings is 1. The molecule has 14 heavy (non-hydrogen) atoms. The first kappa shape index (κ1) is 9.69. The molecule has 1 aliphatic heterocycles. The van der Waals surface area contributed by atoms with Gasteiger partial charge in [-0.1, -0.05) is 37.3 Å². The Morgan fingerprint density at radius 3 is 2.57 bits per heavy atom. The molecule has 1 aromatic carbocycles. The highest BCUT2D eigenvalue weighted by Gasteiger charge is 2.25. The zero-order valence-electron chi connectivity index (χ0n) is 8.69. The summed E-state index contributed by atoms with van der Waals surface area (Å²) in [5, 5.41) is 0. The lowest BCUT2D eigenvalue weighted by Crippen LogP contribution is -2.28. The molecule has 1 saturated heterocycles. The van der Waals surface area contributed by atoms with Crippen LogP contribution in [0.2, 0.25) is 0 Å². The van der Waals surface area contributed by atoms with Gasteiger partial charge in [0.25, 0.3) is 0 Å². The monoisotopic (exact) mass is 190 g/mol. The van der Waals surface area contributed by atoms with Crippen LogP contribution in [0.4, 0.5) is 0 Å². The zero-order valence-corrected chi connectivity index (χ0v) is 8.69. The van der Waals surface area contributed by atoms with Gasteiger partial charge in [-0.25, -0.2) is 0 Å². The van der Waals surface area contributed by atoms with Crippen molar-refractivity contribution in [3.63, 3.8) is 0 Å². The van der Waals surface area contributed by atoms with Gasteiger partial charge in [-0.15, -0.1) is 0 Å². The fraction of sp³-hybridized carbons (Fsp3) is 0.500. The van der Waals surface area contributed by atoms with Gasteiger partial charge in [0, 0.05) is 25.7 Å². The maximum absolute atomic E-state index is 5.98. The van der Waals surface area contributed by atoms with Gasteiger partial charge < -0.3 is 5.73 Å². The predicted molar refractivity (Wildman–Crippen MR) is 58.9 cm³/mol. The maximum Gasteiger partial charge on any atom is 0.0234 e. The average molecular weight is 190 g/mol. The van der Waals surface area contributed by atoms with Crippen molar-refractivity contribution in [2.24, 2.45) is 11.7 Å². The van der Waals surface area contributed by atoms with Gasteiger partial charge >= 0.3 is 0 Å². The van der Waals surface area contributed by atoms with E-state index in [0.29, 0.717) is 12.0 Å². The molecular weight excluding hydrogens is 172 g/mol. The van der Waals surface area contributed by atoms with E-state index in [1.807, 2.05) is 0 Å². The number of hydrogen-bond acceptors (Lipinski definition) is 2. The van der Waals surface area contributed by atoms with E-state index in [1.54, 1.807) is 0 Å². The molecule has 0 saturated carbocycles. The van der Waals surface area contributed by atoms with Crippen molar-refractivity contribution in [1.82, 2.24) is 4.90 Å². The fourth-order valence-electron chi connectivity index (χ4n) is 2.07. The van der Waals surface area contributed by atoms with Crippen molar-refractivity contribution < 1.29 is 0 Å². The molecule has 0 spiro atoms. The van der Waals surface area contributed by atoms with E-state index in [9.17, 15) is 0 Å². The summed E-state index contributed by atoms with van der Waals surface area (Å²) < 4.78 is 0. The minimum atomic E-state index is 0.360. The second kappa shape index (κ2) is 4.11. The summed E-state index contributed by atoms with van der Waals surface area (Å²) in [6, 6.07) is 11.0. The van der Waals surface area contributed by atoms with E-state index in [0.717, 1.165) is 19.6 Å². The highest BCUT2D eigenvalue weighted by Crippen LogP contribution is 2.16. The van der Waals surface area contributed by atoms with Crippen LogP contribution >= 0.6 is 0 Å². The van der Waals surface area contributed by atoms with Crippen LogP contribution in [0, 0.1) is 5.92 Å². The topological polar surface area (TPSA) is 29.3 Å². The minimum absolute atomic E-state index is 0.360. The molecule has 1 unspecified atom stereocenters. The molecule has 1 fully saturated rings. The second-order valence-corrected chi connectivity index (χ2v) is 4.32. The first-order valence-corrected chi connectivity index (χ1v) is 5.27. The summed E-state index contributed by atoms with van der Waals surface area (Å²) in [6.45, 7) is 5.45. The van der Waals surface area contributed by atoms with Crippen molar-refractivity contribution in [1.29, 1.82) is 0 Å². The third kappa shape index (κ3) is 2.14. The van der Waals surface area contributed by atoms with Crippen molar-refractivity contribution in [2.75, 3.05) is 13.1 Å². The molecule has 2 heteroatoms. The number of nitrogens with two attached hydrogens (primary N) is 1. The Bertz CT molecular complexity index is 274. The number of likely N-dealkylation sites (tertiary alicyclic amines) is 1. The zero-order chi connectivity index (χ0) is 9.97. The molecule has 0 radical (unpaired) electrons. The molecule has 1 heterocycles. The smallest absolute Gasteiger partial charge is 0.0234 e. The van der Waals surface area contributed by atoms with Gasteiger partial charge in [0.05, 0.1) is 0 Å². The number of hydrogen-bond donors (Lipinski definition) is 1. The number of nitrogens with zero attached hydrogens (tertiary/aromatic N) is 1. The van der Waals surface area contributed by atoms with Gasteiger partial charge in [0.1, 0.15) is 0 Å². The highest BCUT2D eigenvalue weighted by molar-refractivity contribution is 5.14. The SMILES string of the molecule is CC1CN(Cc2ccccc2)C[C@@H]1N. The molecule has 0 aromatic heterocycles.